The topological polar surface area (TPSA) is 85.9 Å². The lowest BCUT2D eigenvalue weighted by Gasteiger charge is -2.14. The summed E-state index contributed by atoms with van der Waals surface area (Å²) in [5.41, 5.74) is 1.07. The fourth-order valence-corrected chi connectivity index (χ4v) is 2.36. The van der Waals surface area contributed by atoms with Crippen LogP contribution in [0, 0.1) is 0 Å². The molecule has 2 aromatic carbocycles. The Kier molecular flexibility index (Phi) is 6.84. The van der Waals surface area contributed by atoms with Crippen LogP contribution >= 0.6 is 0 Å². The van der Waals surface area contributed by atoms with Crippen molar-refractivity contribution in [2.45, 2.75) is 6.42 Å². The lowest BCUT2D eigenvalue weighted by molar-refractivity contribution is -0.116. The molecule has 0 unspecified atom stereocenters. The molecule has 0 heterocycles. The number of rotatable bonds is 8. The normalized spacial score (nSPS) is 9.96. The minimum absolute atomic E-state index is 0.134. The van der Waals surface area contributed by atoms with Crippen molar-refractivity contribution in [3.05, 3.63) is 48.0 Å². The van der Waals surface area contributed by atoms with Crippen LogP contribution in [0.15, 0.2) is 42.5 Å². The maximum absolute atomic E-state index is 12.1. The van der Waals surface area contributed by atoms with Crippen LogP contribution in [-0.4, -0.2) is 39.7 Å². The predicted molar refractivity (Wildman–Crippen MR) is 98.1 cm³/mol. The Hall–Kier alpha value is -3.22. The third-order valence-electron chi connectivity index (χ3n) is 3.62. The van der Waals surface area contributed by atoms with Crippen LogP contribution in [0.3, 0.4) is 0 Å². The van der Waals surface area contributed by atoms with Gasteiger partial charge in [-0.25, -0.2) is 0 Å². The first-order valence-electron chi connectivity index (χ1n) is 8.02. The Balaban J connectivity index is 1.92. The molecule has 0 saturated heterocycles. The molecule has 0 bridgehead atoms. The molecule has 2 amide bonds. The predicted octanol–water partition coefficient (Wildman–Crippen LogP) is 2.47. The van der Waals surface area contributed by atoms with E-state index in [-0.39, 0.29) is 24.8 Å². The summed E-state index contributed by atoms with van der Waals surface area (Å²) in [5.74, 6) is 0.876. The van der Waals surface area contributed by atoms with Crippen molar-refractivity contribution in [2.24, 2.45) is 0 Å². The molecule has 26 heavy (non-hydrogen) atoms. The van der Waals surface area contributed by atoms with E-state index in [9.17, 15) is 9.59 Å². The van der Waals surface area contributed by atoms with Gasteiger partial charge in [-0.05, 0) is 12.1 Å². The molecule has 2 aromatic rings. The Labute approximate surface area is 152 Å². The summed E-state index contributed by atoms with van der Waals surface area (Å²) in [7, 11) is 4.51. The second-order valence-corrected chi connectivity index (χ2v) is 5.33. The van der Waals surface area contributed by atoms with Crippen molar-refractivity contribution < 1.29 is 23.8 Å². The van der Waals surface area contributed by atoms with Gasteiger partial charge in [0.05, 0.1) is 21.3 Å². The van der Waals surface area contributed by atoms with Crippen molar-refractivity contribution in [3.8, 4) is 17.2 Å². The van der Waals surface area contributed by atoms with Crippen LogP contribution < -0.4 is 24.8 Å². The van der Waals surface area contributed by atoms with Gasteiger partial charge in [0, 0.05) is 36.3 Å². The largest absolute Gasteiger partial charge is 0.493 e. The van der Waals surface area contributed by atoms with E-state index in [2.05, 4.69) is 10.6 Å². The van der Waals surface area contributed by atoms with Gasteiger partial charge >= 0.3 is 0 Å². The molecule has 0 aliphatic carbocycles. The molecular weight excluding hydrogens is 336 g/mol. The molecule has 0 spiro atoms. The number of methoxy groups -OCH3 is 3. The molecule has 0 aliphatic rings. The molecule has 2 N–H and O–H groups in total. The maximum Gasteiger partial charge on any atom is 0.251 e. The standard InChI is InChI=1S/C19H22N2O5/c1-24-15-11-14(12-16(25-2)18(15)26-3)21-17(22)9-10-20-19(23)13-7-5-4-6-8-13/h4-8,11-12H,9-10H2,1-3H3,(H,20,23)(H,21,22). The minimum Gasteiger partial charge on any atom is -0.493 e. The summed E-state index contributed by atoms with van der Waals surface area (Å²) in [6.45, 7) is 0.226. The zero-order valence-electron chi connectivity index (χ0n) is 15.0. The summed E-state index contributed by atoms with van der Waals surface area (Å²) < 4.78 is 15.7. The summed E-state index contributed by atoms with van der Waals surface area (Å²) in [6, 6.07) is 12.1. The highest BCUT2D eigenvalue weighted by Gasteiger charge is 2.14. The molecule has 0 fully saturated rings. The minimum atomic E-state index is -0.243. The van der Waals surface area contributed by atoms with Crippen LogP contribution in [0.1, 0.15) is 16.8 Å². The average molecular weight is 358 g/mol. The molecule has 2 rings (SSSR count). The van der Waals surface area contributed by atoms with E-state index < -0.39 is 0 Å². The van der Waals surface area contributed by atoms with Crippen LogP contribution in [0.25, 0.3) is 0 Å². The number of amides is 2. The third-order valence-corrected chi connectivity index (χ3v) is 3.62. The van der Waals surface area contributed by atoms with Gasteiger partial charge in [0.15, 0.2) is 11.5 Å². The highest BCUT2D eigenvalue weighted by Crippen LogP contribution is 2.39. The van der Waals surface area contributed by atoms with Crippen molar-refractivity contribution in [3.63, 3.8) is 0 Å². The summed E-state index contributed by atoms with van der Waals surface area (Å²) >= 11 is 0. The first-order chi connectivity index (χ1) is 12.6. The fraction of sp³-hybridized carbons (Fsp3) is 0.263. The number of nitrogens with one attached hydrogen (secondary N) is 2. The van der Waals surface area contributed by atoms with E-state index in [1.54, 1.807) is 36.4 Å². The Bertz CT molecular complexity index is 737. The van der Waals surface area contributed by atoms with Gasteiger partial charge < -0.3 is 24.8 Å². The van der Waals surface area contributed by atoms with Gasteiger partial charge in [-0.1, -0.05) is 18.2 Å². The van der Waals surface area contributed by atoms with Crippen molar-refractivity contribution in [1.82, 2.24) is 5.32 Å². The average Bonchev–Trinajstić information content (AvgIpc) is 2.67. The van der Waals surface area contributed by atoms with Crippen LogP contribution in [-0.2, 0) is 4.79 Å². The highest BCUT2D eigenvalue weighted by molar-refractivity contribution is 5.95. The number of hydrogen-bond donors (Lipinski definition) is 2. The molecular formula is C19H22N2O5. The van der Waals surface area contributed by atoms with Gasteiger partial charge in [-0.15, -0.1) is 0 Å². The molecule has 0 aliphatic heterocycles. The van der Waals surface area contributed by atoms with E-state index in [0.29, 0.717) is 28.5 Å². The zero-order chi connectivity index (χ0) is 18.9. The lowest BCUT2D eigenvalue weighted by atomic mass is 10.2. The second kappa shape index (κ2) is 9.31. The number of ether oxygens (including phenoxy) is 3. The number of carbonyl (C=O) groups excluding carboxylic acids is 2. The Morgan fingerprint density at radius 3 is 2.08 bits per heavy atom. The number of carbonyl (C=O) groups is 2. The van der Waals surface area contributed by atoms with Gasteiger partial charge in [0.2, 0.25) is 11.7 Å². The summed E-state index contributed by atoms with van der Waals surface area (Å²) in [6.07, 6.45) is 0.134. The monoisotopic (exact) mass is 358 g/mol. The smallest absolute Gasteiger partial charge is 0.251 e. The molecule has 7 heteroatoms. The molecule has 0 atom stereocenters. The molecule has 0 radical (unpaired) electrons. The first-order valence-corrected chi connectivity index (χ1v) is 8.02. The summed E-state index contributed by atoms with van der Waals surface area (Å²) in [5, 5.41) is 5.46. The van der Waals surface area contributed by atoms with E-state index in [1.165, 1.54) is 21.3 Å². The van der Waals surface area contributed by atoms with Crippen LogP contribution in [0.5, 0.6) is 17.2 Å². The van der Waals surface area contributed by atoms with Crippen molar-refractivity contribution >= 4 is 17.5 Å². The van der Waals surface area contributed by atoms with E-state index in [0.717, 1.165) is 0 Å². The zero-order valence-corrected chi connectivity index (χ0v) is 15.0. The fourth-order valence-electron chi connectivity index (χ4n) is 2.36. The maximum atomic E-state index is 12.1. The van der Waals surface area contributed by atoms with Gasteiger partial charge in [-0.3, -0.25) is 9.59 Å². The molecule has 0 saturated carbocycles. The van der Waals surface area contributed by atoms with E-state index >= 15 is 0 Å². The third kappa shape index (κ3) is 4.89. The number of hydrogen-bond acceptors (Lipinski definition) is 5. The molecule has 7 nitrogen and oxygen atoms in total. The lowest BCUT2D eigenvalue weighted by Crippen LogP contribution is -2.27. The Morgan fingerprint density at radius 1 is 0.923 bits per heavy atom. The van der Waals surface area contributed by atoms with Crippen molar-refractivity contribution in [1.29, 1.82) is 0 Å². The summed E-state index contributed by atoms with van der Waals surface area (Å²) in [4.78, 5) is 24.0. The van der Waals surface area contributed by atoms with Gasteiger partial charge in [-0.2, -0.15) is 0 Å². The highest BCUT2D eigenvalue weighted by atomic mass is 16.5. The van der Waals surface area contributed by atoms with Gasteiger partial charge in [0.1, 0.15) is 0 Å². The van der Waals surface area contributed by atoms with Crippen molar-refractivity contribution in [2.75, 3.05) is 33.2 Å². The van der Waals surface area contributed by atoms with E-state index in [4.69, 9.17) is 14.2 Å². The SMILES string of the molecule is COc1cc(NC(=O)CCNC(=O)c2ccccc2)cc(OC)c1OC. The first kappa shape index (κ1) is 19.1. The Morgan fingerprint density at radius 2 is 1.54 bits per heavy atom. The van der Waals surface area contributed by atoms with Crippen LogP contribution in [0.2, 0.25) is 0 Å². The number of anilines is 1. The number of benzene rings is 2. The molecule has 138 valence electrons. The van der Waals surface area contributed by atoms with E-state index in [1.807, 2.05) is 6.07 Å². The van der Waals surface area contributed by atoms with Gasteiger partial charge in [0.25, 0.3) is 5.91 Å². The second-order valence-electron chi connectivity index (χ2n) is 5.33. The quantitative estimate of drug-likeness (QED) is 0.757. The van der Waals surface area contributed by atoms with Crippen LogP contribution in [0.4, 0.5) is 5.69 Å². The molecule has 0 aromatic heterocycles.